The molecular formula is C25H27N5O4. The summed E-state index contributed by atoms with van der Waals surface area (Å²) in [6, 6.07) is 12.3. The fourth-order valence-corrected chi connectivity index (χ4v) is 4.07. The molecule has 1 fully saturated rings. The molecule has 1 aliphatic rings. The Balaban J connectivity index is 1.31. The molecule has 1 aliphatic heterocycles. The molecule has 176 valence electrons. The van der Waals surface area contributed by atoms with Gasteiger partial charge in [-0.15, -0.1) is 0 Å². The van der Waals surface area contributed by atoms with Crippen molar-refractivity contribution < 1.29 is 19.1 Å². The number of piperidine rings is 1. The van der Waals surface area contributed by atoms with E-state index in [4.69, 9.17) is 4.74 Å². The monoisotopic (exact) mass is 461 g/mol. The quantitative estimate of drug-likeness (QED) is 0.426. The molecule has 0 radical (unpaired) electrons. The summed E-state index contributed by atoms with van der Waals surface area (Å²) in [4.78, 5) is 48.4. The predicted octanol–water partition coefficient (Wildman–Crippen LogP) is 2.92. The van der Waals surface area contributed by atoms with E-state index in [-0.39, 0.29) is 30.2 Å². The van der Waals surface area contributed by atoms with Crippen molar-refractivity contribution >= 4 is 23.6 Å². The van der Waals surface area contributed by atoms with Gasteiger partial charge < -0.3 is 9.64 Å². The molecule has 9 nitrogen and oxygen atoms in total. The number of carbonyl (C=O) groups excluding carboxylic acids is 3. The molecule has 1 saturated heterocycles. The summed E-state index contributed by atoms with van der Waals surface area (Å²) in [7, 11) is 0. The van der Waals surface area contributed by atoms with Gasteiger partial charge in [0.15, 0.2) is 6.61 Å². The molecular weight excluding hydrogens is 434 g/mol. The van der Waals surface area contributed by atoms with E-state index < -0.39 is 0 Å². The van der Waals surface area contributed by atoms with Gasteiger partial charge in [-0.1, -0.05) is 18.2 Å². The first-order valence-corrected chi connectivity index (χ1v) is 11.2. The standard InChI is InChI=1S/C25H27N5O4/c1-17-15-21(18(2)30(17)28-23(32)19-7-4-3-5-8-19)22(31)16-34-24(33)20-9-13-29(14-10-20)25-26-11-6-12-27-25/h3-8,11-12,15,20H,9-10,13-14,16H2,1-2H3,(H,28,32). The number of nitrogens with zero attached hydrogens (tertiary/aromatic N) is 4. The number of hydrogen-bond acceptors (Lipinski definition) is 7. The minimum atomic E-state index is -0.367. The highest BCUT2D eigenvalue weighted by Gasteiger charge is 2.28. The van der Waals surface area contributed by atoms with E-state index in [1.807, 2.05) is 11.0 Å². The topological polar surface area (TPSA) is 106 Å². The number of nitrogens with one attached hydrogen (secondary N) is 1. The summed E-state index contributed by atoms with van der Waals surface area (Å²) < 4.78 is 6.93. The average molecular weight is 462 g/mol. The smallest absolute Gasteiger partial charge is 0.309 e. The number of anilines is 1. The molecule has 0 saturated carbocycles. The van der Waals surface area contributed by atoms with Crippen LogP contribution in [0.15, 0.2) is 54.9 Å². The lowest BCUT2D eigenvalue weighted by molar-refractivity contribution is -0.148. The van der Waals surface area contributed by atoms with Gasteiger partial charge in [0.2, 0.25) is 11.7 Å². The number of Topliss-reactive ketones (excluding diaryl/α,β-unsaturated/α-hetero) is 1. The Morgan fingerprint density at radius 3 is 2.38 bits per heavy atom. The van der Waals surface area contributed by atoms with Crippen LogP contribution in [-0.4, -0.2) is 52.0 Å². The SMILES string of the molecule is Cc1cc(C(=O)COC(=O)C2CCN(c3ncccn3)CC2)c(C)n1NC(=O)c1ccccc1. The largest absolute Gasteiger partial charge is 0.457 e. The number of benzene rings is 1. The molecule has 3 heterocycles. The number of hydrogen-bond donors (Lipinski definition) is 1. The van der Waals surface area contributed by atoms with E-state index in [0.717, 1.165) is 0 Å². The molecule has 9 heteroatoms. The van der Waals surface area contributed by atoms with Crippen LogP contribution in [0, 0.1) is 19.8 Å². The van der Waals surface area contributed by atoms with Crippen LogP contribution in [0.1, 0.15) is 44.9 Å². The van der Waals surface area contributed by atoms with Crippen molar-refractivity contribution in [3.63, 3.8) is 0 Å². The lowest BCUT2D eigenvalue weighted by atomic mass is 9.97. The van der Waals surface area contributed by atoms with Crippen LogP contribution in [0.3, 0.4) is 0 Å². The maximum absolute atomic E-state index is 12.8. The van der Waals surface area contributed by atoms with Gasteiger partial charge in [-0.25, -0.2) is 9.97 Å². The molecule has 0 unspecified atom stereocenters. The zero-order chi connectivity index (χ0) is 24.1. The van der Waals surface area contributed by atoms with Gasteiger partial charge in [-0.2, -0.15) is 0 Å². The summed E-state index contributed by atoms with van der Waals surface area (Å²) in [5.74, 6) is -0.561. The minimum absolute atomic E-state index is 0.259. The van der Waals surface area contributed by atoms with Gasteiger partial charge >= 0.3 is 5.97 Å². The molecule has 0 spiro atoms. The number of aryl methyl sites for hydroxylation is 1. The third-order valence-electron chi connectivity index (χ3n) is 5.99. The Morgan fingerprint density at radius 1 is 1.03 bits per heavy atom. The second-order valence-corrected chi connectivity index (χ2v) is 8.27. The average Bonchev–Trinajstić information content (AvgIpc) is 3.16. The number of rotatable bonds is 7. The molecule has 0 bridgehead atoms. The highest BCUT2D eigenvalue weighted by atomic mass is 16.5. The van der Waals surface area contributed by atoms with Crippen molar-refractivity contribution in [2.45, 2.75) is 26.7 Å². The first kappa shape index (κ1) is 23.2. The zero-order valence-electron chi connectivity index (χ0n) is 19.2. The lowest BCUT2D eigenvalue weighted by Gasteiger charge is -2.30. The van der Waals surface area contributed by atoms with E-state index >= 15 is 0 Å². The van der Waals surface area contributed by atoms with Crippen molar-refractivity contribution in [2.75, 3.05) is 30.0 Å². The van der Waals surface area contributed by atoms with Crippen LogP contribution in [0.2, 0.25) is 0 Å². The number of amides is 1. The molecule has 0 aliphatic carbocycles. The van der Waals surface area contributed by atoms with Gasteiger partial charge in [-0.05, 0) is 51.0 Å². The molecule has 2 aromatic heterocycles. The van der Waals surface area contributed by atoms with Gasteiger partial charge in [0.1, 0.15) is 0 Å². The number of esters is 1. The van der Waals surface area contributed by atoms with E-state index in [1.165, 1.54) is 0 Å². The molecule has 0 atom stereocenters. The van der Waals surface area contributed by atoms with Gasteiger partial charge in [0, 0.05) is 48.0 Å². The van der Waals surface area contributed by atoms with E-state index in [0.29, 0.717) is 54.4 Å². The van der Waals surface area contributed by atoms with Crippen LogP contribution in [0.25, 0.3) is 0 Å². The second kappa shape index (κ2) is 10.3. The molecule has 1 N–H and O–H groups in total. The van der Waals surface area contributed by atoms with Crippen LogP contribution in [-0.2, 0) is 9.53 Å². The summed E-state index contributed by atoms with van der Waals surface area (Å²) in [6.45, 7) is 4.51. The van der Waals surface area contributed by atoms with Crippen molar-refractivity contribution in [3.05, 3.63) is 77.4 Å². The van der Waals surface area contributed by atoms with Gasteiger partial charge in [-0.3, -0.25) is 24.5 Å². The summed E-state index contributed by atoms with van der Waals surface area (Å²) in [5.41, 5.74) is 5.02. The summed E-state index contributed by atoms with van der Waals surface area (Å²) in [6.07, 6.45) is 4.62. The predicted molar refractivity (Wildman–Crippen MR) is 126 cm³/mol. The number of ketones is 1. The maximum Gasteiger partial charge on any atom is 0.309 e. The van der Waals surface area contributed by atoms with E-state index in [2.05, 4.69) is 15.4 Å². The second-order valence-electron chi connectivity index (χ2n) is 8.27. The summed E-state index contributed by atoms with van der Waals surface area (Å²) >= 11 is 0. The van der Waals surface area contributed by atoms with E-state index in [1.54, 1.807) is 67.3 Å². The highest BCUT2D eigenvalue weighted by Crippen LogP contribution is 2.22. The van der Waals surface area contributed by atoms with E-state index in [9.17, 15) is 14.4 Å². The number of carbonyl (C=O) groups is 3. The molecule has 1 aromatic carbocycles. The van der Waals surface area contributed by atoms with Crippen LogP contribution in [0.5, 0.6) is 0 Å². The maximum atomic E-state index is 12.8. The first-order chi connectivity index (χ1) is 16.4. The minimum Gasteiger partial charge on any atom is -0.457 e. The third-order valence-corrected chi connectivity index (χ3v) is 5.99. The van der Waals surface area contributed by atoms with Crippen molar-refractivity contribution in [1.82, 2.24) is 14.6 Å². The Hall–Kier alpha value is -4.01. The first-order valence-electron chi connectivity index (χ1n) is 11.2. The van der Waals surface area contributed by atoms with Crippen molar-refractivity contribution in [3.8, 4) is 0 Å². The Kier molecular flexibility index (Phi) is 7.01. The third kappa shape index (κ3) is 5.14. The molecule has 34 heavy (non-hydrogen) atoms. The Labute approximate surface area is 197 Å². The molecule has 1 amide bonds. The summed E-state index contributed by atoms with van der Waals surface area (Å²) in [5, 5.41) is 0. The number of ether oxygens (including phenoxy) is 1. The highest BCUT2D eigenvalue weighted by molar-refractivity contribution is 6.01. The Bertz CT molecular complexity index is 1170. The molecule has 4 rings (SSSR count). The van der Waals surface area contributed by atoms with Crippen LogP contribution < -0.4 is 10.3 Å². The fraction of sp³-hybridized carbons (Fsp3) is 0.320. The van der Waals surface area contributed by atoms with Crippen molar-refractivity contribution in [1.29, 1.82) is 0 Å². The zero-order valence-corrected chi connectivity index (χ0v) is 19.2. The van der Waals surface area contributed by atoms with Gasteiger partial charge in [0.05, 0.1) is 5.92 Å². The van der Waals surface area contributed by atoms with Gasteiger partial charge in [0.25, 0.3) is 5.91 Å². The lowest BCUT2D eigenvalue weighted by Crippen LogP contribution is -2.38. The number of aromatic nitrogens is 3. The Morgan fingerprint density at radius 2 is 1.71 bits per heavy atom. The molecule has 3 aromatic rings. The normalized spacial score (nSPS) is 14.0. The van der Waals surface area contributed by atoms with Crippen LogP contribution in [0.4, 0.5) is 5.95 Å². The fourth-order valence-electron chi connectivity index (χ4n) is 4.07. The van der Waals surface area contributed by atoms with Crippen molar-refractivity contribution in [2.24, 2.45) is 5.92 Å². The van der Waals surface area contributed by atoms with Crippen LogP contribution >= 0.6 is 0 Å².